The lowest BCUT2D eigenvalue weighted by atomic mass is 9.73. The summed E-state index contributed by atoms with van der Waals surface area (Å²) in [7, 11) is 3.72. The van der Waals surface area contributed by atoms with Gasteiger partial charge < -0.3 is 48.2 Å². The number of esters is 1. The molecule has 0 radical (unpaired) electrons. The zero-order chi connectivity index (χ0) is 44.1. The molecule has 17 nitrogen and oxygen atoms in total. The van der Waals surface area contributed by atoms with Crippen LogP contribution in [-0.2, 0) is 49.5 Å². The van der Waals surface area contributed by atoms with Crippen LogP contribution in [0.25, 0.3) is 11.5 Å². The van der Waals surface area contributed by atoms with Gasteiger partial charge in [-0.1, -0.05) is 44.1 Å². The third-order valence-electron chi connectivity index (χ3n) is 12.1. The number of aliphatic hydroxyl groups is 2. The molecule has 3 saturated heterocycles. The fourth-order valence-corrected chi connectivity index (χ4v) is 8.81. The maximum atomic E-state index is 14.5. The number of rotatable bonds is 8. The van der Waals surface area contributed by atoms with Crippen LogP contribution in [0.5, 0.6) is 0 Å². The van der Waals surface area contributed by atoms with Crippen molar-refractivity contribution in [3.05, 3.63) is 36.2 Å². The summed E-state index contributed by atoms with van der Waals surface area (Å²) >= 11 is 0. The highest BCUT2D eigenvalue weighted by molar-refractivity contribution is 6.00. The number of pyridine rings is 1. The number of amides is 1. The SMILES string of the molecule is CC[C@H]1OC(=O)[C@H](C)C(=O)[C@H](C)[C@@H](O[C@@H]2O[C@H](C)C[C@H](N(C)C)[C@H]2O)[C@@]2(C)C[C@@H](C)/C(=N\C(C)=O)[C@H](C)[C@@H](OC/C(=N\OCc3ccc(-c4ccno4)nc3)CO2)[C@]1(C)O. The molecule has 17 heteroatoms. The maximum Gasteiger partial charge on any atom is 0.316 e. The Balaban J connectivity index is 1.63. The second-order valence-corrected chi connectivity index (χ2v) is 17.2. The summed E-state index contributed by atoms with van der Waals surface area (Å²) < 4.78 is 37.6. The summed E-state index contributed by atoms with van der Waals surface area (Å²) in [5, 5.41) is 32.3. The average Bonchev–Trinajstić information content (AvgIpc) is 3.74. The van der Waals surface area contributed by atoms with Crippen LogP contribution in [-0.4, -0.2) is 136 Å². The average molecular weight is 842 g/mol. The Morgan fingerprint density at radius 1 is 1.07 bits per heavy atom. The molecule has 5 rings (SSSR count). The fraction of sp³-hybridized carbons (Fsp3) is 0.698. The maximum absolute atomic E-state index is 14.5. The Kier molecular flexibility index (Phi) is 15.6. The first-order valence-electron chi connectivity index (χ1n) is 20.8. The summed E-state index contributed by atoms with van der Waals surface area (Å²) in [5.74, 6) is -4.85. The van der Waals surface area contributed by atoms with E-state index in [1.54, 1.807) is 46.0 Å². The first-order chi connectivity index (χ1) is 28.3. The first-order valence-corrected chi connectivity index (χ1v) is 20.8. The molecule has 3 aliphatic rings. The predicted molar refractivity (Wildman–Crippen MR) is 219 cm³/mol. The van der Waals surface area contributed by atoms with E-state index in [9.17, 15) is 24.6 Å². The first kappa shape index (κ1) is 47.1. The minimum Gasteiger partial charge on any atom is -0.459 e. The number of hydrogen-bond acceptors (Lipinski definition) is 16. The van der Waals surface area contributed by atoms with Gasteiger partial charge >= 0.3 is 5.97 Å². The van der Waals surface area contributed by atoms with Gasteiger partial charge in [0.15, 0.2) is 17.8 Å². The van der Waals surface area contributed by atoms with Gasteiger partial charge in [-0.2, -0.15) is 0 Å². The zero-order valence-electron chi connectivity index (χ0n) is 36.7. The van der Waals surface area contributed by atoms with Crippen molar-refractivity contribution in [3.8, 4) is 11.5 Å². The number of ether oxygens (including phenoxy) is 5. The highest BCUT2D eigenvalue weighted by atomic mass is 16.7. The number of carbonyl (C=O) groups is 3. The van der Waals surface area contributed by atoms with Crippen LogP contribution in [0.15, 0.2) is 45.3 Å². The number of carbonyl (C=O) groups excluding carboxylic acids is 3. The van der Waals surface area contributed by atoms with Gasteiger partial charge in [0, 0.05) is 48.3 Å². The monoisotopic (exact) mass is 841 g/mol. The number of ketones is 1. The minimum atomic E-state index is -1.86. The predicted octanol–water partition coefficient (Wildman–Crippen LogP) is 4.17. The smallest absolute Gasteiger partial charge is 0.316 e. The van der Waals surface area contributed by atoms with Gasteiger partial charge in [0.05, 0.1) is 43.3 Å². The second kappa shape index (κ2) is 19.8. The standard InChI is InChI=1S/C43H63N5O12/c1-12-34-43(9,53)39-25(4)35(46-28(7)49)23(2)18-42(8,55-22-30(21-54-39)47-56-20-29-13-14-31(44-19-29)33-15-16-45-60-33)38(26(5)36(50)27(6)40(52)58-34)59-41-37(51)32(48(10)11)17-24(3)57-41/h13-16,19,23-27,32,34,37-39,41,51,53H,12,17-18,20-22H2,1-11H3/b46-35+,47-30+/t23-,24-,25+,26+,27-,32+,34-,37-,38-,39-,41+,42-,43-/m1/s1. The summed E-state index contributed by atoms with van der Waals surface area (Å²) in [5.41, 5.74) is -1.29. The molecule has 2 bridgehead atoms. The van der Waals surface area contributed by atoms with Crippen LogP contribution >= 0.6 is 0 Å². The van der Waals surface area contributed by atoms with Gasteiger partial charge in [-0.3, -0.25) is 19.4 Å². The highest BCUT2D eigenvalue weighted by Gasteiger charge is 2.53. The molecule has 1 amide bonds. The van der Waals surface area contributed by atoms with E-state index in [4.69, 9.17) is 33.0 Å². The van der Waals surface area contributed by atoms with Crippen molar-refractivity contribution in [3.63, 3.8) is 0 Å². The number of aliphatic hydroxyl groups excluding tert-OH is 1. The van der Waals surface area contributed by atoms with E-state index in [1.807, 2.05) is 38.9 Å². The van der Waals surface area contributed by atoms with Crippen LogP contribution < -0.4 is 0 Å². The number of likely N-dealkylation sites (N-methyl/N-ethyl adjacent to an activating group) is 1. The molecule has 0 spiro atoms. The Labute approximate surface area is 352 Å². The van der Waals surface area contributed by atoms with Gasteiger partial charge in [-0.15, -0.1) is 0 Å². The molecule has 3 fully saturated rings. The molecule has 60 heavy (non-hydrogen) atoms. The Morgan fingerprint density at radius 3 is 2.42 bits per heavy atom. The van der Waals surface area contributed by atoms with E-state index in [2.05, 4.69) is 20.3 Å². The van der Waals surface area contributed by atoms with E-state index in [-0.39, 0.29) is 50.5 Å². The normalized spacial score (nSPS) is 37.6. The molecule has 0 saturated carbocycles. The van der Waals surface area contributed by atoms with E-state index < -0.39 is 83.2 Å². The Hall–Kier alpha value is -3.97. The van der Waals surface area contributed by atoms with Crippen molar-refractivity contribution in [1.29, 1.82) is 0 Å². The summed E-state index contributed by atoms with van der Waals surface area (Å²) in [6, 6.07) is 4.96. The molecular formula is C43H63N5O12. The van der Waals surface area contributed by atoms with E-state index >= 15 is 0 Å². The van der Waals surface area contributed by atoms with Gasteiger partial charge in [-0.05, 0) is 73.0 Å². The van der Waals surface area contributed by atoms with Crippen molar-refractivity contribution >= 4 is 29.1 Å². The number of cyclic esters (lactones) is 1. The minimum absolute atomic E-state index is 0.0274. The van der Waals surface area contributed by atoms with E-state index in [0.29, 0.717) is 29.2 Å². The van der Waals surface area contributed by atoms with Crippen molar-refractivity contribution in [2.24, 2.45) is 33.8 Å². The van der Waals surface area contributed by atoms with Crippen molar-refractivity contribution < 1.29 is 57.6 Å². The molecule has 332 valence electrons. The van der Waals surface area contributed by atoms with E-state index in [0.717, 1.165) is 0 Å². The molecule has 2 aromatic rings. The highest BCUT2D eigenvalue weighted by Crippen LogP contribution is 2.40. The van der Waals surface area contributed by atoms with Gasteiger partial charge in [-0.25, -0.2) is 4.99 Å². The van der Waals surface area contributed by atoms with Crippen LogP contribution in [0.4, 0.5) is 0 Å². The lowest BCUT2D eigenvalue weighted by Crippen LogP contribution is -2.60. The molecule has 0 aromatic carbocycles. The zero-order valence-corrected chi connectivity index (χ0v) is 36.7. The topological polar surface area (TPSA) is 214 Å². The van der Waals surface area contributed by atoms with E-state index in [1.165, 1.54) is 27.0 Å². The number of hydrogen-bond donors (Lipinski definition) is 2. The van der Waals surface area contributed by atoms with Crippen molar-refractivity contribution in [2.45, 2.75) is 142 Å². The third-order valence-corrected chi connectivity index (χ3v) is 12.1. The number of oxime groups is 1. The number of nitrogens with zero attached hydrogens (tertiary/aromatic N) is 5. The number of fused-ring (bicyclic) bond motifs is 5. The number of aliphatic imine (C=N–C) groups is 1. The van der Waals surface area contributed by atoms with Crippen LogP contribution in [0.1, 0.15) is 87.1 Å². The number of Topliss-reactive ketones (excluding diaryl/α,β-unsaturated/α-hetero) is 1. The third kappa shape index (κ3) is 10.7. The van der Waals surface area contributed by atoms with Gasteiger partial charge in [0.2, 0.25) is 5.91 Å². The quantitative estimate of drug-likeness (QED) is 0.217. The lowest BCUT2D eigenvalue weighted by Gasteiger charge is -2.47. The van der Waals surface area contributed by atoms with Crippen molar-refractivity contribution in [1.82, 2.24) is 15.0 Å². The summed E-state index contributed by atoms with van der Waals surface area (Å²) in [6.07, 6.45) is -2.02. The fourth-order valence-electron chi connectivity index (χ4n) is 8.81. The molecule has 3 aliphatic heterocycles. The molecule has 13 atom stereocenters. The van der Waals surface area contributed by atoms with Crippen LogP contribution in [0, 0.1) is 23.7 Å². The lowest BCUT2D eigenvalue weighted by molar-refractivity contribution is -0.296. The second-order valence-electron chi connectivity index (χ2n) is 17.2. The molecule has 0 aliphatic carbocycles. The van der Waals surface area contributed by atoms with Gasteiger partial charge in [0.25, 0.3) is 0 Å². The van der Waals surface area contributed by atoms with Gasteiger partial charge in [0.1, 0.15) is 41.7 Å². The Morgan fingerprint density at radius 2 is 1.80 bits per heavy atom. The molecule has 2 aromatic heterocycles. The molecule has 0 unspecified atom stereocenters. The summed E-state index contributed by atoms with van der Waals surface area (Å²) in [4.78, 5) is 57.9. The molecule has 2 N–H and O–H groups in total. The van der Waals surface area contributed by atoms with Crippen LogP contribution in [0.3, 0.4) is 0 Å². The largest absolute Gasteiger partial charge is 0.459 e. The summed E-state index contributed by atoms with van der Waals surface area (Å²) in [6.45, 7) is 14.7. The number of aromatic nitrogens is 2. The Bertz CT molecular complexity index is 1830. The van der Waals surface area contributed by atoms with Crippen LogP contribution in [0.2, 0.25) is 0 Å². The molecule has 5 heterocycles. The molecular weight excluding hydrogens is 778 g/mol. The van der Waals surface area contributed by atoms with Crippen molar-refractivity contribution in [2.75, 3.05) is 27.3 Å².